The third kappa shape index (κ3) is 20.6. The van der Waals surface area contributed by atoms with Gasteiger partial charge in [-0.3, -0.25) is 0 Å². The van der Waals surface area contributed by atoms with Crippen molar-refractivity contribution >= 4 is 5.91 Å². The van der Waals surface area contributed by atoms with Gasteiger partial charge in [0.2, 0.25) is 0 Å². The Morgan fingerprint density at radius 1 is 0.655 bits per heavy atom. The highest BCUT2D eigenvalue weighted by Crippen LogP contribution is 2.13. The average molecular weight is 434 g/mol. The molecule has 2 N–H and O–H groups in total. The SMILES string of the molecule is CCCCCCCC/C=C\CCCCCCCCCCCC(=O)[N+](O)(O)CC.[Cl-]. The normalized spacial score (nSPS) is 11.7. The van der Waals surface area contributed by atoms with E-state index in [1.807, 2.05) is 0 Å². The van der Waals surface area contributed by atoms with Crippen molar-refractivity contribution in [2.45, 2.75) is 129 Å². The maximum atomic E-state index is 11.5. The Bertz CT molecular complexity index is 386. The number of carbonyl (C=O) groups is 1. The number of hydrogen-bond donors (Lipinski definition) is 2. The van der Waals surface area contributed by atoms with Gasteiger partial charge in [-0.1, -0.05) is 96.1 Å². The first kappa shape index (κ1) is 30.8. The number of amides is 1. The third-order valence-corrected chi connectivity index (χ3v) is 5.49. The molecule has 0 aromatic carbocycles. The highest BCUT2D eigenvalue weighted by molar-refractivity contribution is 5.67. The number of allylic oxidation sites excluding steroid dienone is 2. The minimum Gasteiger partial charge on any atom is -1.00 e. The number of quaternary nitrogens is 1. The van der Waals surface area contributed by atoms with Crippen LogP contribution in [-0.2, 0) is 4.79 Å². The summed E-state index contributed by atoms with van der Waals surface area (Å²) in [5.41, 5.74) is 0. The van der Waals surface area contributed by atoms with Crippen molar-refractivity contribution in [3.8, 4) is 0 Å². The van der Waals surface area contributed by atoms with E-state index in [4.69, 9.17) is 0 Å². The summed E-state index contributed by atoms with van der Waals surface area (Å²) in [6.07, 6.45) is 26.5. The molecule has 4 nitrogen and oxygen atoms in total. The third-order valence-electron chi connectivity index (χ3n) is 5.49. The Hall–Kier alpha value is -0.420. The molecule has 0 aliphatic rings. The number of hydrogen-bond acceptors (Lipinski definition) is 3. The average Bonchev–Trinajstić information content (AvgIpc) is 2.69. The molecule has 0 saturated carbocycles. The Labute approximate surface area is 186 Å². The molecule has 0 aromatic heterocycles. The Morgan fingerprint density at radius 2 is 1.03 bits per heavy atom. The zero-order valence-electron chi connectivity index (χ0n) is 19.2. The maximum absolute atomic E-state index is 11.5. The predicted molar refractivity (Wildman–Crippen MR) is 117 cm³/mol. The molecule has 0 saturated heterocycles. The summed E-state index contributed by atoms with van der Waals surface area (Å²) in [6, 6.07) is 0. The number of rotatable bonds is 20. The van der Waals surface area contributed by atoms with Crippen molar-refractivity contribution < 1.29 is 32.4 Å². The second-order valence-electron chi connectivity index (χ2n) is 8.19. The van der Waals surface area contributed by atoms with Gasteiger partial charge in [-0.05, 0) is 39.0 Å². The summed E-state index contributed by atoms with van der Waals surface area (Å²) in [5.74, 6) is -0.497. The fourth-order valence-electron chi connectivity index (χ4n) is 3.41. The van der Waals surface area contributed by atoms with Crippen LogP contribution in [0.2, 0.25) is 0 Å². The Kier molecular flexibility index (Phi) is 23.6. The van der Waals surface area contributed by atoms with Crippen molar-refractivity contribution in [3.63, 3.8) is 0 Å². The topological polar surface area (TPSA) is 57.5 Å². The number of halogens is 1. The molecule has 1 amide bonds. The quantitative estimate of drug-likeness (QED) is 0.0958. The molecule has 5 heteroatoms. The zero-order chi connectivity index (χ0) is 20.9. The monoisotopic (exact) mass is 433 g/mol. The van der Waals surface area contributed by atoms with E-state index >= 15 is 0 Å². The lowest BCUT2D eigenvalue weighted by molar-refractivity contribution is -1.19. The van der Waals surface area contributed by atoms with Gasteiger partial charge < -0.3 is 12.4 Å². The summed E-state index contributed by atoms with van der Waals surface area (Å²) in [5, 5.41) is 18.8. The van der Waals surface area contributed by atoms with Crippen LogP contribution in [0.3, 0.4) is 0 Å². The van der Waals surface area contributed by atoms with Gasteiger partial charge in [0.1, 0.15) is 6.54 Å². The molecule has 0 rings (SSSR count). The number of unbranched alkanes of at least 4 members (excludes halogenated alkanes) is 15. The van der Waals surface area contributed by atoms with Crippen LogP contribution >= 0.6 is 0 Å². The van der Waals surface area contributed by atoms with Gasteiger partial charge in [-0.15, -0.1) is 0 Å². The van der Waals surface area contributed by atoms with Gasteiger partial charge in [0.15, 0.2) is 0 Å². The van der Waals surface area contributed by atoms with Gasteiger partial charge in [0.05, 0.1) is 6.42 Å². The molecule has 0 spiro atoms. The molecule has 0 bridgehead atoms. The highest BCUT2D eigenvalue weighted by atomic mass is 35.5. The van der Waals surface area contributed by atoms with E-state index in [9.17, 15) is 15.2 Å². The molecule has 0 aliphatic carbocycles. The summed E-state index contributed by atoms with van der Waals surface area (Å²) in [4.78, 5) is 10.1. The van der Waals surface area contributed by atoms with E-state index in [0.29, 0.717) is 0 Å². The highest BCUT2D eigenvalue weighted by Gasteiger charge is 2.30. The van der Waals surface area contributed by atoms with Gasteiger partial charge in [-0.2, -0.15) is 10.4 Å². The van der Waals surface area contributed by atoms with Crippen molar-refractivity contribution in [2.24, 2.45) is 0 Å². The molecule has 29 heavy (non-hydrogen) atoms. The number of carbonyl (C=O) groups excluding carboxylic acids is 1. The Balaban J connectivity index is 0. The van der Waals surface area contributed by atoms with Crippen molar-refractivity contribution in [2.75, 3.05) is 6.54 Å². The van der Waals surface area contributed by atoms with Crippen molar-refractivity contribution in [3.05, 3.63) is 12.2 Å². The number of nitrogens with zero attached hydrogens (tertiary/aromatic N) is 1. The van der Waals surface area contributed by atoms with Crippen LogP contribution in [0.1, 0.15) is 129 Å². The lowest BCUT2D eigenvalue weighted by atomic mass is 10.1. The lowest BCUT2D eigenvalue weighted by Gasteiger charge is -2.16. The largest absolute Gasteiger partial charge is 1.00 e. The van der Waals surface area contributed by atoms with E-state index in [-0.39, 0.29) is 25.4 Å². The molecule has 0 fully saturated rings. The maximum Gasteiger partial charge on any atom is 0.378 e. The van der Waals surface area contributed by atoms with Gasteiger partial charge in [-0.25, -0.2) is 4.79 Å². The molecule has 0 unspecified atom stereocenters. The molecular formula is C24H48ClNO3. The van der Waals surface area contributed by atoms with Gasteiger partial charge >= 0.3 is 5.91 Å². The minimum atomic E-state index is -1.46. The summed E-state index contributed by atoms with van der Waals surface area (Å²) in [7, 11) is 0. The van der Waals surface area contributed by atoms with Gasteiger partial charge in [0, 0.05) is 4.81 Å². The summed E-state index contributed by atoms with van der Waals surface area (Å²) < 4.78 is 0. The van der Waals surface area contributed by atoms with Crippen LogP contribution in [-0.4, -0.2) is 27.7 Å². The van der Waals surface area contributed by atoms with Crippen molar-refractivity contribution in [1.82, 2.24) is 0 Å². The first-order valence-electron chi connectivity index (χ1n) is 12.1. The first-order valence-corrected chi connectivity index (χ1v) is 12.1. The molecule has 0 aliphatic heterocycles. The smallest absolute Gasteiger partial charge is 0.378 e. The standard InChI is InChI=1S/C24H48NO3.ClH/c1-3-5-6-7-8-9-10-11-12-13-14-15-16-17-18-19-20-21-22-23-24(26)25(27,28)4-2;/h11-12,27-28H,3-10,13-23H2,1-2H3;1H/q+1;/p-1/b12-11-;. The van der Waals surface area contributed by atoms with Gasteiger partial charge in [0.25, 0.3) is 0 Å². The van der Waals surface area contributed by atoms with E-state index in [2.05, 4.69) is 19.1 Å². The molecular weight excluding hydrogens is 386 g/mol. The Morgan fingerprint density at radius 3 is 1.45 bits per heavy atom. The van der Waals surface area contributed by atoms with Crippen LogP contribution in [0, 0.1) is 0 Å². The van der Waals surface area contributed by atoms with Crippen LogP contribution in [0.4, 0.5) is 0 Å². The lowest BCUT2D eigenvalue weighted by Crippen LogP contribution is -3.00. The first-order chi connectivity index (χ1) is 13.5. The van der Waals surface area contributed by atoms with Crippen LogP contribution < -0.4 is 12.4 Å². The molecule has 0 heterocycles. The van der Waals surface area contributed by atoms with Crippen molar-refractivity contribution in [1.29, 1.82) is 0 Å². The van der Waals surface area contributed by atoms with Crippen LogP contribution in [0.15, 0.2) is 12.2 Å². The molecule has 0 aromatic rings. The molecule has 0 radical (unpaired) electrons. The minimum absolute atomic E-state index is 0. The predicted octanol–water partition coefficient (Wildman–Crippen LogP) is 4.73. The molecule has 174 valence electrons. The van der Waals surface area contributed by atoms with Crippen LogP contribution in [0.25, 0.3) is 0 Å². The van der Waals surface area contributed by atoms with E-state index in [1.165, 1.54) is 89.9 Å². The van der Waals surface area contributed by atoms with E-state index < -0.39 is 10.7 Å². The molecule has 0 atom stereocenters. The second kappa shape index (κ2) is 22.3. The second-order valence-corrected chi connectivity index (χ2v) is 8.19. The fourth-order valence-corrected chi connectivity index (χ4v) is 3.41. The van der Waals surface area contributed by atoms with Crippen LogP contribution in [0.5, 0.6) is 0 Å². The fraction of sp³-hybridized carbons (Fsp3) is 0.875. The summed E-state index contributed by atoms with van der Waals surface area (Å²) in [6.45, 7) is 3.86. The number of hydroxylamine groups is 4. The van der Waals surface area contributed by atoms with E-state index in [0.717, 1.165) is 19.3 Å². The summed E-state index contributed by atoms with van der Waals surface area (Å²) >= 11 is 0. The van der Waals surface area contributed by atoms with E-state index in [1.54, 1.807) is 6.92 Å². The zero-order valence-corrected chi connectivity index (χ0v) is 20.0.